The minimum Gasteiger partial charge on any atom is -0.337 e. The fourth-order valence-electron chi connectivity index (χ4n) is 2.09. The molecule has 11 heteroatoms. The second-order valence-corrected chi connectivity index (χ2v) is 6.07. The van der Waals surface area contributed by atoms with E-state index in [2.05, 4.69) is 15.4 Å². The van der Waals surface area contributed by atoms with Crippen LogP contribution >= 0.6 is 22.9 Å². The van der Waals surface area contributed by atoms with Crippen LogP contribution in [-0.2, 0) is 6.18 Å². The minimum absolute atomic E-state index is 0.0700. The van der Waals surface area contributed by atoms with E-state index in [1.807, 2.05) is 0 Å². The summed E-state index contributed by atoms with van der Waals surface area (Å²) < 4.78 is 40.7. The number of hydrogen-bond acceptors (Lipinski definition) is 5. The zero-order valence-corrected chi connectivity index (χ0v) is 13.7. The molecule has 0 aliphatic carbocycles. The van der Waals surface area contributed by atoms with Crippen molar-refractivity contribution in [1.29, 1.82) is 5.26 Å². The van der Waals surface area contributed by atoms with Gasteiger partial charge in [0.05, 0.1) is 16.6 Å². The molecule has 128 valence electrons. The summed E-state index contributed by atoms with van der Waals surface area (Å²) in [4.78, 5) is 16.6. The molecule has 0 radical (unpaired) electrons. The third-order valence-corrected chi connectivity index (χ3v) is 4.38. The third-order valence-electron chi connectivity index (χ3n) is 3.14. The van der Waals surface area contributed by atoms with Gasteiger partial charge in [-0.25, -0.2) is 9.50 Å². The first-order chi connectivity index (χ1) is 11.8. The highest BCUT2D eigenvalue weighted by atomic mass is 35.5. The Bertz CT molecular complexity index is 991. The lowest BCUT2D eigenvalue weighted by atomic mass is 10.2. The lowest BCUT2D eigenvalue weighted by molar-refractivity contribution is -0.142. The fraction of sp³-hybridized carbons (Fsp3) is 0.143. The van der Waals surface area contributed by atoms with E-state index in [4.69, 9.17) is 16.9 Å². The number of nitriles is 1. The molecule has 0 atom stereocenters. The Hall–Kier alpha value is -2.64. The van der Waals surface area contributed by atoms with Gasteiger partial charge in [-0.05, 0) is 17.5 Å². The second kappa shape index (κ2) is 6.34. The van der Waals surface area contributed by atoms with E-state index in [1.54, 1.807) is 23.6 Å². The summed E-state index contributed by atoms with van der Waals surface area (Å²) in [6.45, 7) is -0.330. The predicted molar refractivity (Wildman–Crippen MR) is 84.3 cm³/mol. The Kier molecular flexibility index (Phi) is 4.36. The number of carbonyl (C=O) groups excluding carboxylic acids is 1. The van der Waals surface area contributed by atoms with Gasteiger partial charge < -0.3 is 5.32 Å². The van der Waals surface area contributed by atoms with Gasteiger partial charge in [0, 0.05) is 0 Å². The Morgan fingerprint density at radius 1 is 1.48 bits per heavy atom. The highest BCUT2D eigenvalue weighted by Crippen LogP contribution is 2.35. The average molecular weight is 386 g/mol. The molecule has 0 saturated heterocycles. The molecule has 3 aromatic heterocycles. The molecule has 25 heavy (non-hydrogen) atoms. The number of alkyl halides is 3. The van der Waals surface area contributed by atoms with Crippen molar-refractivity contribution >= 4 is 34.5 Å². The average Bonchev–Trinajstić information content (AvgIpc) is 3.19. The van der Waals surface area contributed by atoms with E-state index in [0.29, 0.717) is 9.39 Å². The monoisotopic (exact) mass is 385 g/mol. The third kappa shape index (κ3) is 3.16. The highest BCUT2D eigenvalue weighted by Gasteiger charge is 2.36. The van der Waals surface area contributed by atoms with Gasteiger partial charge in [0.25, 0.3) is 5.91 Å². The van der Waals surface area contributed by atoms with E-state index in [9.17, 15) is 18.0 Å². The first-order valence-electron chi connectivity index (χ1n) is 6.68. The standard InChI is InChI=1S/C14H7ClF3N5OS/c15-10-11(13(24)20-4-3-19)22-23-9(14(16,17)18)6-7(21-12(10)23)8-2-1-5-25-8/h1-2,5-6H,4H2,(H,20,24). The van der Waals surface area contributed by atoms with Crippen molar-refractivity contribution < 1.29 is 18.0 Å². The molecule has 0 unspecified atom stereocenters. The molecule has 0 aliphatic heterocycles. The number of fused-ring (bicyclic) bond motifs is 1. The normalized spacial score (nSPS) is 11.5. The fourth-order valence-corrected chi connectivity index (χ4v) is 3.02. The Balaban J connectivity index is 2.24. The zero-order valence-electron chi connectivity index (χ0n) is 12.1. The Labute approximate surface area is 147 Å². The first-order valence-corrected chi connectivity index (χ1v) is 7.94. The summed E-state index contributed by atoms with van der Waals surface area (Å²) in [5.74, 6) is -0.858. The minimum atomic E-state index is -4.73. The van der Waals surface area contributed by atoms with Crippen molar-refractivity contribution in [3.63, 3.8) is 0 Å². The topological polar surface area (TPSA) is 83.1 Å². The number of aromatic nitrogens is 3. The molecule has 0 bridgehead atoms. The number of rotatable bonds is 3. The van der Waals surface area contributed by atoms with Crippen LogP contribution in [0.25, 0.3) is 16.2 Å². The summed E-state index contributed by atoms with van der Waals surface area (Å²) in [5.41, 5.74) is -1.76. The number of halogens is 4. The highest BCUT2D eigenvalue weighted by molar-refractivity contribution is 7.13. The molecule has 0 spiro atoms. The molecule has 0 aromatic carbocycles. The lowest BCUT2D eigenvalue weighted by Gasteiger charge is -2.10. The molecule has 0 fully saturated rings. The van der Waals surface area contributed by atoms with Crippen LogP contribution < -0.4 is 5.32 Å². The van der Waals surface area contributed by atoms with Crippen LogP contribution in [0.4, 0.5) is 13.2 Å². The van der Waals surface area contributed by atoms with E-state index >= 15 is 0 Å². The molecule has 0 aliphatic rings. The van der Waals surface area contributed by atoms with Crippen LogP contribution in [-0.4, -0.2) is 27.0 Å². The van der Waals surface area contributed by atoms with Gasteiger partial charge in [0.2, 0.25) is 0 Å². The van der Waals surface area contributed by atoms with Crippen molar-refractivity contribution in [3.8, 4) is 16.6 Å². The van der Waals surface area contributed by atoms with E-state index < -0.39 is 23.5 Å². The van der Waals surface area contributed by atoms with Crippen LogP contribution in [0.3, 0.4) is 0 Å². The summed E-state index contributed by atoms with van der Waals surface area (Å²) in [6.07, 6.45) is -4.73. The summed E-state index contributed by atoms with van der Waals surface area (Å²) in [5, 5.41) is 15.7. The van der Waals surface area contributed by atoms with Crippen molar-refractivity contribution in [3.05, 3.63) is 40.0 Å². The molecular weight excluding hydrogens is 379 g/mol. The van der Waals surface area contributed by atoms with E-state index in [1.165, 1.54) is 11.3 Å². The van der Waals surface area contributed by atoms with Crippen molar-refractivity contribution in [2.75, 3.05) is 6.54 Å². The molecule has 0 saturated carbocycles. The van der Waals surface area contributed by atoms with Gasteiger partial charge in [0.1, 0.15) is 11.6 Å². The van der Waals surface area contributed by atoms with Crippen molar-refractivity contribution in [2.45, 2.75) is 6.18 Å². The number of thiophene rings is 1. The first kappa shape index (κ1) is 17.2. The summed E-state index contributed by atoms with van der Waals surface area (Å²) in [7, 11) is 0. The molecule has 1 amide bonds. The SMILES string of the molecule is N#CCNC(=O)c1nn2c(C(F)(F)F)cc(-c3cccs3)nc2c1Cl. The quantitative estimate of drug-likeness (QED) is 0.700. The number of amides is 1. The van der Waals surface area contributed by atoms with Crippen molar-refractivity contribution in [2.24, 2.45) is 0 Å². The zero-order chi connectivity index (χ0) is 18.2. The van der Waals surface area contributed by atoms with Crippen LogP contribution in [0.5, 0.6) is 0 Å². The molecule has 3 rings (SSSR count). The number of hydrogen-bond donors (Lipinski definition) is 1. The van der Waals surface area contributed by atoms with Crippen molar-refractivity contribution in [1.82, 2.24) is 19.9 Å². The Morgan fingerprint density at radius 2 is 2.24 bits per heavy atom. The molecule has 1 N–H and O–H groups in total. The number of carbonyl (C=O) groups is 1. The summed E-state index contributed by atoms with van der Waals surface area (Å²) in [6, 6.07) is 5.83. The molecule has 3 aromatic rings. The van der Waals surface area contributed by atoms with Gasteiger partial charge in [-0.2, -0.15) is 23.5 Å². The molecule has 3 heterocycles. The lowest BCUT2D eigenvalue weighted by Crippen LogP contribution is -2.24. The van der Waals surface area contributed by atoms with Crippen LogP contribution in [0.1, 0.15) is 16.2 Å². The maximum atomic E-state index is 13.4. The number of nitrogens with zero attached hydrogens (tertiary/aromatic N) is 4. The second-order valence-electron chi connectivity index (χ2n) is 4.74. The number of nitrogens with one attached hydrogen (secondary N) is 1. The van der Waals surface area contributed by atoms with Crippen LogP contribution in [0.2, 0.25) is 5.02 Å². The maximum absolute atomic E-state index is 13.4. The largest absolute Gasteiger partial charge is 0.433 e. The van der Waals surface area contributed by atoms with E-state index in [0.717, 1.165) is 6.07 Å². The van der Waals surface area contributed by atoms with Gasteiger partial charge in [0.15, 0.2) is 17.0 Å². The maximum Gasteiger partial charge on any atom is 0.433 e. The summed E-state index contributed by atoms with van der Waals surface area (Å²) >= 11 is 7.25. The van der Waals surface area contributed by atoms with Gasteiger partial charge in [-0.3, -0.25) is 4.79 Å². The predicted octanol–water partition coefficient (Wildman–Crippen LogP) is 3.38. The smallest absolute Gasteiger partial charge is 0.337 e. The van der Waals surface area contributed by atoms with Gasteiger partial charge >= 0.3 is 6.18 Å². The molecular formula is C14H7ClF3N5OS. The van der Waals surface area contributed by atoms with Crippen LogP contribution in [0.15, 0.2) is 23.6 Å². The van der Waals surface area contributed by atoms with Gasteiger partial charge in [-0.1, -0.05) is 17.7 Å². The molecule has 6 nitrogen and oxygen atoms in total. The van der Waals surface area contributed by atoms with E-state index in [-0.39, 0.29) is 22.9 Å². The Morgan fingerprint density at radius 3 is 2.84 bits per heavy atom. The van der Waals surface area contributed by atoms with Crippen LogP contribution in [0, 0.1) is 11.3 Å². The van der Waals surface area contributed by atoms with Gasteiger partial charge in [-0.15, -0.1) is 11.3 Å².